The maximum Gasteiger partial charge on any atom is 0.323 e. The molecule has 0 aromatic heterocycles. The minimum Gasteiger partial charge on any atom is -0.480 e. The van der Waals surface area contributed by atoms with Crippen molar-refractivity contribution < 1.29 is 14.7 Å². The number of carbonyl (C=O) groups is 2. The van der Waals surface area contributed by atoms with Gasteiger partial charge in [-0.2, -0.15) is 0 Å². The zero-order valence-corrected chi connectivity index (χ0v) is 9.74. The molecule has 0 aliphatic heterocycles. The van der Waals surface area contributed by atoms with Gasteiger partial charge in [0.15, 0.2) is 0 Å². The van der Waals surface area contributed by atoms with Crippen LogP contribution in [0.3, 0.4) is 0 Å². The summed E-state index contributed by atoms with van der Waals surface area (Å²) in [4.78, 5) is 23.6. The summed E-state index contributed by atoms with van der Waals surface area (Å²) in [6.45, 7) is 3.37. The molecule has 0 unspecified atom stereocenters. The maximum atomic E-state index is 11.7. The van der Waals surface area contributed by atoms with E-state index >= 15 is 0 Å². The molecule has 92 valence electrons. The first-order valence-corrected chi connectivity index (χ1v) is 5.83. The average molecular weight is 228 g/mol. The monoisotopic (exact) mass is 228 g/mol. The molecule has 0 saturated heterocycles. The second-order valence-corrected chi connectivity index (χ2v) is 4.28. The molecule has 5 heteroatoms. The fraction of sp³-hybridized carbons (Fsp3) is 0.818. The van der Waals surface area contributed by atoms with Crippen LogP contribution in [0.4, 0.5) is 0 Å². The first-order chi connectivity index (χ1) is 7.63. The second kappa shape index (κ2) is 6.48. The van der Waals surface area contributed by atoms with E-state index in [0.29, 0.717) is 6.54 Å². The Hall–Kier alpha value is -1.10. The minimum atomic E-state index is -0.955. The Kier molecular flexibility index (Phi) is 5.25. The fourth-order valence-electron chi connectivity index (χ4n) is 1.54. The Morgan fingerprint density at radius 1 is 1.44 bits per heavy atom. The summed E-state index contributed by atoms with van der Waals surface area (Å²) in [7, 11) is 0. The third-order valence-corrected chi connectivity index (χ3v) is 2.58. The SMILES string of the molecule is CCCN(CC(=O)O)C(=O)CNCC1CC1. The molecule has 2 N–H and O–H groups in total. The number of hydrogen-bond acceptors (Lipinski definition) is 3. The van der Waals surface area contributed by atoms with Crippen molar-refractivity contribution in [2.75, 3.05) is 26.2 Å². The van der Waals surface area contributed by atoms with Gasteiger partial charge in [0.25, 0.3) is 0 Å². The van der Waals surface area contributed by atoms with E-state index in [1.54, 1.807) is 0 Å². The van der Waals surface area contributed by atoms with Gasteiger partial charge in [-0.1, -0.05) is 6.92 Å². The van der Waals surface area contributed by atoms with Gasteiger partial charge in [0.05, 0.1) is 6.54 Å². The number of aliphatic carboxylic acids is 1. The third kappa shape index (κ3) is 5.11. The van der Waals surface area contributed by atoms with Crippen molar-refractivity contribution in [2.45, 2.75) is 26.2 Å². The molecule has 1 amide bonds. The number of nitrogens with zero attached hydrogens (tertiary/aromatic N) is 1. The third-order valence-electron chi connectivity index (χ3n) is 2.58. The van der Waals surface area contributed by atoms with E-state index in [0.717, 1.165) is 18.9 Å². The van der Waals surface area contributed by atoms with Crippen LogP contribution in [0.15, 0.2) is 0 Å². The van der Waals surface area contributed by atoms with E-state index in [1.807, 2.05) is 6.92 Å². The van der Waals surface area contributed by atoms with Crippen molar-refractivity contribution >= 4 is 11.9 Å². The van der Waals surface area contributed by atoms with Crippen molar-refractivity contribution in [1.82, 2.24) is 10.2 Å². The molecule has 0 heterocycles. The quantitative estimate of drug-likeness (QED) is 0.627. The Morgan fingerprint density at radius 3 is 2.62 bits per heavy atom. The molecule has 0 atom stereocenters. The van der Waals surface area contributed by atoms with Crippen molar-refractivity contribution in [1.29, 1.82) is 0 Å². The van der Waals surface area contributed by atoms with Crippen LogP contribution in [0.5, 0.6) is 0 Å². The number of carboxylic acids is 1. The van der Waals surface area contributed by atoms with E-state index in [9.17, 15) is 9.59 Å². The zero-order chi connectivity index (χ0) is 12.0. The summed E-state index contributed by atoms with van der Waals surface area (Å²) in [6, 6.07) is 0. The minimum absolute atomic E-state index is 0.120. The highest BCUT2D eigenvalue weighted by atomic mass is 16.4. The van der Waals surface area contributed by atoms with Crippen molar-refractivity contribution in [3.8, 4) is 0 Å². The number of hydrogen-bond donors (Lipinski definition) is 2. The first kappa shape index (κ1) is 13.0. The summed E-state index contributed by atoms with van der Waals surface area (Å²) < 4.78 is 0. The smallest absolute Gasteiger partial charge is 0.323 e. The van der Waals surface area contributed by atoms with Crippen molar-refractivity contribution in [3.63, 3.8) is 0 Å². The van der Waals surface area contributed by atoms with Crippen LogP contribution in [0.2, 0.25) is 0 Å². The molecule has 1 rings (SSSR count). The highest BCUT2D eigenvalue weighted by molar-refractivity contribution is 5.82. The van der Waals surface area contributed by atoms with Gasteiger partial charge in [-0.3, -0.25) is 9.59 Å². The first-order valence-electron chi connectivity index (χ1n) is 5.83. The molecule has 0 aromatic carbocycles. The van der Waals surface area contributed by atoms with Crippen LogP contribution in [-0.4, -0.2) is 48.1 Å². The number of nitrogens with one attached hydrogen (secondary N) is 1. The van der Waals surface area contributed by atoms with Crippen LogP contribution >= 0.6 is 0 Å². The van der Waals surface area contributed by atoms with Gasteiger partial charge in [-0.05, 0) is 31.7 Å². The van der Waals surface area contributed by atoms with Gasteiger partial charge in [-0.25, -0.2) is 0 Å². The molecule has 1 saturated carbocycles. The van der Waals surface area contributed by atoms with Gasteiger partial charge in [0.2, 0.25) is 5.91 Å². The zero-order valence-electron chi connectivity index (χ0n) is 9.74. The van der Waals surface area contributed by atoms with Crippen LogP contribution in [0.25, 0.3) is 0 Å². The summed E-state index contributed by atoms with van der Waals surface area (Å²) in [5.74, 6) is -0.346. The molecule has 0 spiro atoms. The summed E-state index contributed by atoms with van der Waals surface area (Å²) in [6.07, 6.45) is 3.27. The predicted octanol–water partition coefficient (Wildman–Crippen LogP) is 0.309. The molecular weight excluding hydrogens is 208 g/mol. The van der Waals surface area contributed by atoms with Gasteiger partial charge in [0.1, 0.15) is 6.54 Å². The van der Waals surface area contributed by atoms with Gasteiger partial charge in [-0.15, -0.1) is 0 Å². The highest BCUT2D eigenvalue weighted by Crippen LogP contribution is 2.27. The van der Waals surface area contributed by atoms with Crippen LogP contribution < -0.4 is 5.32 Å². The van der Waals surface area contributed by atoms with Crippen molar-refractivity contribution in [3.05, 3.63) is 0 Å². The van der Waals surface area contributed by atoms with E-state index in [4.69, 9.17) is 5.11 Å². The lowest BCUT2D eigenvalue weighted by Gasteiger charge is -2.20. The number of rotatable bonds is 8. The Balaban J connectivity index is 2.23. The molecule has 1 fully saturated rings. The van der Waals surface area contributed by atoms with E-state index in [-0.39, 0.29) is 19.0 Å². The summed E-state index contributed by atoms with van der Waals surface area (Å²) in [5.41, 5.74) is 0. The number of carbonyl (C=O) groups excluding carboxylic acids is 1. The van der Waals surface area contributed by atoms with Crippen LogP contribution in [0.1, 0.15) is 26.2 Å². The van der Waals surface area contributed by atoms with Gasteiger partial charge in [0, 0.05) is 6.54 Å². The Labute approximate surface area is 95.8 Å². The van der Waals surface area contributed by atoms with E-state index in [2.05, 4.69) is 5.32 Å². The van der Waals surface area contributed by atoms with Crippen LogP contribution in [0, 0.1) is 5.92 Å². The van der Waals surface area contributed by atoms with Gasteiger partial charge < -0.3 is 15.3 Å². The predicted molar refractivity (Wildman–Crippen MR) is 60.1 cm³/mol. The lowest BCUT2D eigenvalue weighted by molar-refractivity contribution is -0.144. The highest BCUT2D eigenvalue weighted by Gasteiger charge is 2.21. The molecule has 0 aromatic rings. The largest absolute Gasteiger partial charge is 0.480 e. The summed E-state index contributed by atoms with van der Waals surface area (Å²) >= 11 is 0. The molecule has 0 bridgehead atoms. The van der Waals surface area contributed by atoms with Crippen LogP contribution in [-0.2, 0) is 9.59 Å². The molecule has 1 aliphatic rings. The molecule has 1 aliphatic carbocycles. The van der Waals surface area contributed by atoms with Crippen molar-refractivity contribution in [2.24, 2.45) is 5.92 Å². The molecule has 16 heavy (non-hydrogen) atoms. The molecular formula is C11H20N2O3. The number of carboxylic acid groups (broad SMARTS) is 1. The molecule has 5 nitrogen and oxygen atoms in total. The normalized spacial score (nSPS) is 14.8. The summed E-state index contributed by atoms with van der Waals surface area (Å²) in [5, 5.41) is 11.7. The Bertz CT molecular complexity index is 252. The number of amides is 1. The molecule has 0 radical (unpaired) electrons. The fourth-order valence-corrected chi connectivity index (χ4v) is 1.54. The standard InChI is InChI=1S/C11H20N2O3/c1-2-5-13(8-11(15)16)10(14)7-12-6-9-3-4-9/h9,12H,2-8H2,1H3,(H,15,16). The topological polar surface area (TPSA) is 69.6 Å². The lowest BCUT2D eigenvalue weighted by Crippen LogP contribution is -2.41. The average Bonchev–Trinajstić information content (AvgIpc) is 3.00. The van der Waals surface area contributed by atoms with E-state index in [1.165, 1.54) is 17.7 Å². The van der Waals surface area contributed by atoms with E-state index < -0.39 is 5.97 Å². The van der Waals surface area contributed by atoms with Gasteiger partial charge >= 0.3 is 5.97 Å². The lowest BCUT2D eigenvalue weighted by atomic mass is 10.3. The second-order valence-electron chi connectivity index (χ2n) is 4.28. The Morgan fingerprint density at radius 2 is 2.12 bits per heavy atom. The maximum absolute atomic E-state index is 11.7.